The first kappa shape index (κ1) is 51.9. The van der Waals surface area contributed by atoms with Gasteiger partial charge in [-0.05, 0) is 201 Å². The molecule has 9 rings (SSSR count). The number of fused-ring (bicyclic) bond motifs is 2. The van der Waals surface area contributed by atoms with Gasteiger partial charge in [-0.15, -0.1) is 12.4 Å². The number of halogens is 2. The van der Waals surface area contributed by atoms with Crippen molar-refractivity contribution in [3.05, 3.63) is 225 Å². The van der Waals surface area contributed by atoms with Gasteiger partial charge in [-0.1, -0.05) is 129 Å². The van der Waals surface area contributed by atoms with Crippen LogP contribution in [0.15, 0.2) is 170 Å². The molecule has 67 heavy (non-hydrogen) atoms. The number of hydrogen-bond donors (Lipinski definition) is 0. The molecular formula is C62H65Cl2P2Ru+2. The third kappa shape index (κ3) is 12.2. The van der Waals surface area contributed by atoms with Crippen LogP contribution in [0.25, 0.3) is 32.7 Å². The van der Waals surface area contributed by atoms with Crippen LogP contribution in [0.4, 0.5) is 0 Å². The van der Waals surface area contributed by atoms with Gasteiger partial charge in [-0.3, -0.25) is 0 Å². The molecule has 343 valence electrons. The molecule has 0 atom stereocenters. The molecule has 0 fully saturated rings. The van der Waals surface area contributed by atoms with E-state index in [1.54, 1.807) is 0 Å². The van der Waals surface area contributed by atoms with E-state index in [1.165, 1.54) is 120 Å². The molecule has 9 aromatic rings. The molecule has 0 radical (unpaired) electrons. The third-order valence-corrected chi connectivity index (χ3v) is 17.8. The van der Waals surface area contributed by atoms with Crippen LogP contribution in [-0.2, 0) is 17.3 Å². The molecule has 5 heteroatoms. The Morgan fingerprint density at radius 2 is 0.627 bits per heavy atom. The van der Waals surface area contributed by atoms with Crippen molar-refractivity contribution < 1.29 is 17.3 Å². The van der Waals surface area contributed by atoms with Crippen LogP contribution in [0.5, 0.6) is 0 Å². The molecule has 0 aliphatic heterocycles. The summed E-state index contributed by atoms with van der Waals surface area (Å²) >= 11 is 1.82. The van der Waals surface area contributed by atoms with Crippen molar-refractivity contribution >= 4 is 91.3 Å². The first-order chi connectivity index (χ1) is 31.7. The monoisotopic (exact) mass is 1040 g/mol. The van der Waals surface area contributed by atoms with Crippen molar-refractivity contribution in [3.63, 3.8) is 0 Å². The van der Waals surface area contributed by atoms with E-state index < -0.39 is 15.8 Å². The summed E-state index contributed by atoms with van der Waals surface area (Å²) in [4.78, 5) is 0. The van der Waals surface area contributed by atoms with Gasteiger partial charge in [0, 0.05) is 11.1 Å². The minimum atomic E-state index is -1.49. The summed E-state index contributed by atoms with van der Waals surface area (Å²) in [7, 11) is 1.60. The van der Waals surface area contributed by atoms with Crippen LogP contribution < -0.4 is 31.8 Å². The Morgan fingerprint density at radius 3 is 0.910 bits per heavy atom. The Balaban J connectivity index is 0.000000502. The maximum absolute atomic E-state index is 4.57. The van der Waals surface area contributed by atoms with Gasteiger partial charge in [-0.2, -0.15) is 0 Å². The van der Waals surface area contributed by atoms with Gasteiger partial charge in [0.25, 0.3) is 0 Å². The average molecular weight is 1040 g/mol. The molecule has 0 aliphatic rings. The second-order valence-electron chi connectivity index (χ2n) is 18.7. The van der Waals surface area contributed by atoms with Gasteiger partial charge < -0.3 is 0 Å². The van der Waals surface area contributed by atoms with Crippen LogP contribution in [0.3, 0.4) is 0 Å². The van der Waals surface area contributed by atoms with Crippen LogP contribution in [0.1, 0.15) is 75.4 Å². The number of benzene rings is 9. The summed E-state index contributed by atoms with van der Waals surface area (Å²) in [5.74, 6) is 0.653. The zero-order valence-corrected chi connectivity index (χ0v) is 46.2. The van der Waals surface area contributed by atoms with E-state index in [4.69, 9.17) is 0 Å². The molecule has 0 amide bonds. The molecule has 0 spiro atoms. The Kier molecular flexibility index (Phi) is 18.0. The second kappa shape index (κ2) is 23.2. The summed E-state index contributed by atoms with van der Waals surface area (Å²) in [6.07, 6.45) is 0. The van der Waals surface area contributed by atoms with Crippen LogP contribution in [-0.4, -0.2) is 0 Å². The predicted molar refractivity (Wildman–Crippen MR) is 303 cm³/mol. The summed E-state index contributed by atoms with van der Waals surface area (Å²) in [5, 5.41) is 13.9. The Morgan fingerprint density at radius 1 is 0.343 bits per heavy atom. The normalized spacial score (nSPS) is 11.0. The van der Waals surface area contributed by atoms with E-state index in [0.717, 1.165) is 0 Å². The van der Waals surface area contributed by atoms with E-state index in [-0.39, 0.29) is 12.4 Å². The van der Waals surface area contributed by atoms with Crippen LogP contribution in [0, 0.1) is 62.3 Å². The molecular weight excluding hydrogens is 979 g/mol. The first-order valence-corrected chi connectivity index (χ1v) is 28.3. The molecule has 0 heterocycles. The minimum absolute atomic E-state index is 0. The zero-order valence-electron chi connectivity index (χ0n) is 40.9. The fraction of sp³-hybridized carbons (Fsp3) is 0.194. The molecule has 0 unspecified atom stereocenters. The molecule has 0 bridgehead atoms. The van der Waals surface area contributed by atoms with Gasteiger partial charge >= 0.3 is 27.0 Å². The Bertz CT molecular complexity index is 2780. The predicted octanol–water partition coefficient (Wildman–Crippen LogP) is 15.3. The van der Waals surface area contributed by atoms with Crippen molar-refractivity contribution in [2.75, 3.05) is 0 Å². The maximum atomic E-state index is 4.57. The van der Waals surface area contributed by atoms with Crippen molar-refractivity contribution in [3.8, 4) is 11.1 Å². The van der Waals surface area contributed by atoms with Gasteiger partial charge in [0.05, 0.1) is 15.8 Å². The zero-order chi connectivity index (χ0) is 47.2. The molecule has 0 saturated heterocycles. The molecule has 9 aromatic carbocycles. The first-order valence-electron chi connectivity index (χ1n) is 23.1. The van der Waals surface area contributed by atoms with Crippen molar-refractivity contribution in [1.29, 1.82) is 0 Å². The summed E-state index contributed by atoms with van der Waals surface area (Å²) in [6, 6.07) is 65.6. The van der Waals surface area contributed by atoms with Gasteiger partial charge in [-0.25, -0.2) is 0 Å². The Labute approximate surface area is 424 Å². The standard InChI is InChI=1S/C52H48P2.C10H14.2ClH.Ru/c1-33-21-34(2)26-43(25-33)53(44-27-35(3)22-36(4)28-44)49-19-17-41-13-9-11-15-47(41)51(49)52-48-16-12-10-14-42(48)18-20-50(52)54(45-29-37(5)23-38(6)30-45)46-31-39(7)24-40(8)32-46;1-8(2)10-6-4-9(3)5-7-10;;;/h9-32H,1-8H3;4-8H,1-3H3;2*1H;/q;;;;+1/p+1. The number of hydrogen-bond acceptors (Lipinski definition) is 0. The molecule has 0 aliphatic carbocycles. The van der Waals surface area contributed by atoms with E-state index in [9.17, 15) is 0 Å². The summed E-state index contributed by atoms with van der Waals surface area (Å²) in [5.41, 5.74) is 16.1. The number of rotatable bonds is 8. The van der Waals surface area contributed by atoms with E-state index in [1.807, 2.05) is 17.3 Å². The molecule has 0 aromatic heterocycles. The van der Waals surface area contributed by atoms with E-state index in [2.05, 4.69) is 256 Å². The van der Waals surface area contributed by atoms with Gasteiger partial charge in [0.2, 0.25) is 0 Å². The summed E-state index contributed by atoms with van der Waals surface area (Å²) < 4.78 is 0. The Hall–Kier alpha value is -4.44. The molecule has 0 nitrogen and oxygen atoms in total. The van der Waals surface area contributed by atoms with Crippen molar-refractivity contribution in [2.45, 2.75) is 82.1 Å². The van der Waals surface area contributed by atoms with Crippen LogP contribution in [0.2, 0.25) is 0 Å². The van der Waals surface area contributed by atoms with Crippen molar-refractivity contribution in [2.24, 2.45) is 0 Å². The second-order valence-corrected chi connectivity index (χ2v) is 23.6. The SMILES string of the molecule is Cc1cc(C)cc([PH+](c2cc(C)cc(C)c2)c2ccc3ccccc3c2-c2c([PH+](c3cc(C)cc(C)c3)c3cc(C)cc(C)c3)ccc3ccccc23)c1.Cc1ccc(C(C)C)cc1.Cl.[Cl][Ru]. The quantitative estimate of drug-likeness (QED) is 0.105. The molecule has 0 N–H and O–H groups in total. The van der Waals surface area contributed by atoms with Crippen molar-refractivity contribution in [1.82, 2.24) is 0 Å². The molecule has 0 saturated carbocycles. The van der Waals surface area contributed by atoms with Gasteiger partial charge in [0.15, 0.2) is 0 Å². The fourth-order valence-corrected chi connectivity index (χ4v) is 16.3. The number of aryl methyl sites for hydroxylation is 9. The van der Waals surface area contributed by atoms with Gasteiger partial charge in [0.1, 0.15) is 31.8 Å². The van der Waals surface area contributed by atoms with E-state index in [0.29, 0.717) is 5.92 Å². The fourth-order valence-electron chi connectivity index (χ4n) is 9.88. The third-order valence-electron chi connectivity index (χ3n) is 12.4. The average Bonchev–Trinajstić information content (AvgIpc) is 3.26. The topological polar surface area (TPSA) is 0 Å². The summed E-state index contributed by atoms with van der Waals surface area (Å²) in [6.45, 7) is 24.6. The van der Waals surface area contributed by atoms with E-state index >= 15 is 0 Å². The van der Waals surface area contributed by atoms with Crippen LogP contribution >= 0.6 is 37.9 Å².